The van der Waals surface area contributed by atoms with E-state index in [1.807, 2.05) is 19.1 Å². The lowest BCUT2D eigenvalue weighted by Gasteiger charge is -2.35. The molecular formula is C13H20N2O3. The molecule has 0 saturated carbocycles. The normalized spacial score (nSPS) is 18.6. The van der Waals surface area contributed by atoms with Crippen LogP contribution in [0.5, 0.6) is 0 Å². The lowest BCUT2D eigenvalue weighted by atomic mass is 9.90. The molecule has 5 nitrogen and oxygen atoms in total. The maximum absolute atomic E-state index is 12.3. The molecule has 0 unspecified atom stereocenters. The highest BCUT2D eigenvalue weighted by Gasteiger charge is 2.37. The number of nitrogens with zero attached hydrogens (tertiary/aromatic N) is 1. The summed E-state index contributed by atoms with van der Waals surface area (Å²) in [7, 11) is 1.75. The summed E-state index contributed by atoms with van der Waals surface area (Å²) in [5.41, 5.74) is 5.38. The highest BCUT2D eigenvalue weighted by atomic mass is 16.5. The van der Waals surface area contributed by atoms with Gasteiger partial charge in [0.2, 0.25) is 5.91 Å². The van der Waals surface area contributed by atoms with Gasteiger partial charge in [-0.1, -0.05) is 0 Å². The third kappa shape index (κ3) is 2.73. The van der Waals surface area contributed by atoms with Crippen LogP contribution in [0.3, 0.4) is 0 Å². The quantitative estimate of drug-likeness (QED) is 0.873. The largest absolute Gasteiger partial charge is 0.464 e. The molecular weight excluding hydrogens is 232 g/mol. The second kappa shape index (κ2) is 5.12. The molecule has 18 heavy (non-hydrogen) atoms. The van der Waals surface area contributed by atoms with E-state index in [-0.39, 0.29) is 5.91 Å². The highest BCUT2D eigenvalue weighted by molar-refractivity contribution is 5.86. The zero-order valence-corrected chi connectivity index (χ0v) is 10.9. The van der Waals surface area contributed by atoms with Gasteiger partial charge in [-0.2, -0.15) is 0 Å². The molecule has 0 aliphatic carbocycles. The van der Waals surface area contributed by atoms with Gasteiger partial charge in [-0.15, -0.1) is 0 Å². The van der Waals surface area contributed by atoms with Crippen LogP contribution in [0.4, 0.5) is 0 Å². The topological polar surface area (TPSA) is 68.7 Å². The summed E-state index contributed by atoms with van der Waals surface area (Å²) >= 11 is 0. The SMILES string of the molecule is Cc1ccc(CN(C)C(=O)C2(N)CCOCC2)o1. The van der Waals surface area contributed by atoms with Crippen molar-refractivity contribution in [2.75, 3.05) is 20.3 Å². The van der Waals surface area contributed by atoms with Gasteiger partial charge in [0.05, 0.1) is 12.1 Å². The lowest BCUT2D eigenvalue weighted by molar-refractivity contribution is -0.140. The molecule has 5 heteroatoms. The number of ether oxygens (including phenoxy) is 1. The molecule has 1 saturated heterocycles. The van der Waals surface area contributed by atoms with Crippen molar-refractivity contribution in [3.8, 4) is 0 Å². The first kappa shape index (κ1) is 13.1. The van der Waals surface area contributed by atoms with Gasteiger partial charge in [-0.3, -0.25) is 4.79 Å². The summed E-state index contributed by atoms with van der Waals surface area (Å²) in [6.07, 6.45) is 1.15. The van der Waals surface area contributed by atoms with E-state index in [9.17, 15) is 4.79 Å². The average Bonchev–Trinajstić information content (AvgIpc) is 2.74. The fraction of sp³-hybridized carbons (Fsp3) is 0.615. The zero-order chi connectivity index (χ0) is 13.2. The van der Waals surface area contributed by atoms with Gasteiger partial charge in [0.1, 0.15) is 11.5 Å². The van der Waals surface area contributed by atoms with Crippen LogP contribution in [0.1, 0.15) is 24.4 Å². The summed E-state index contributed by atoms with van der Waals surface area (Å²) in [4.78, 5) is 14.0. The van der Waals surface area contributed by atoms with Crippen LogP contribution in [0.2, 0.25) is 0 Å². The van der Waals surface area contributed by atoms with Crippen molar-refractivity contribution in [1.82, 2.24) is 4.90 Å². The Morgan fingerprint density at radius 3 is 2.67 bits per heavy atom. The second-order valence-electron chi connectivity index (χ2n) is 4.94. The van der Waals surface area contributed by atoms with Gasteiger partial charge in [0.15, 0.2) is 0 Å². The molecule has 0 aromatic carbocycles. The minimum Gasteiger partial charge on any atom is -0.464 e. The van der Waals surface area contributed by atoms with Gasteiger partial charge < -0.3 is 19.8 Å². The van der Waals surface area contributed by atoms with Crippen LogP contribution in [0.25, 0.3) is 0 Å². The molecule has 2 rings (SSSR count). The van der Waals surface area contributed by atoms with Crippen LogP contribution in [0, 0.1) is 6.92 Å². The lowest BCUT2D eigenvalue weighted by Crippen LogP contribution is -2.57. The Balaban J connectivity index is 1.99. The number of carbonyl (C=O) groups excluding carboxylic acids is 1. The predicted molar refractivity (Wildman–Crippen MR) is 66.9 cm³/mol. The van der Waals surface area contributed by atoms with Crippen LogP contribution in [0.15, 0.2) is 16.5 Å². The maximum Gasteiger partial charge on any atom is 0.242 e. The fourth-order valence-electron chi connectivity index (χ4n) is 2.21. The Hall–Kier alpha value is -1.33. The van der Waals surface area contributed by atoms with Crippen LogP contribution in [-0.2, 0) is 16.1 Å². The van der Waals surface area contributed by atoms with E-state index in [0.717, 1.165) is 11.5 Å². The average molecular weight is 252 g/mol. The van der Waals surface area contributed by atoms with Crippen LogP contribution >= 0.6 is 0 Å². The molecule has 1 aliphatic heterocycles. The molecule has 2 N–H and O–H groups in total. The van der Waals surface area contributed by atoms with Crippen LogP contribution in [-0.4, -0.2) is 36.6 Å². The number of furan rings is 1. The highest BCUT2D eigenvalue weighted by Crippen LogP contribution is 2.21. The van der Waals surface area contributed by atoms with Crippen molar-refractivity contribution in [3.63, 3.8) is 0 Å². The molecule has 100 valence electrons. The number of hydrogen-bond acceptors (Lipinski definition) is 4. The van der Waals surface area contributed by atoms with Gasteiger partial charge in [0, 0.05) is 20.3 Å². The van der Waals surface area contributed by atoms with Gasteiger partial charge in [-0.25, -0.2) is 0 Å². The number of rotatable bonds is 3. The Morgan fingerprint density at radius 2 is 2.11 bits per heavy atom. The number of carbonyl (C=O) groups is 1. The summed E-state index contributed by atoms with van der Waals surface area (Å²) in [5, 5.41) is 0. The first-order valence-corrected chi connectivity index (χ1v) is 6.19. The van der Waals surface area contributed by atoms with E-state index in [1.165, 1.54) is 0 Å². The number of hydrogen-bond donors (Lipinski definition) is 1. The Kier molecular flexibility index (Phi) is 3.73. The van der Waals surface area contributed by atoms with E-state index in [4.69, 9.17) is 14.9 Å². The molecule has 1 aromatic heterocycles. The summed E-state index contributed by atoms with van der Waals surface area (Å²) in [5.74, 6) is 1.58. The minimum atomic E-state index is -0.783. The predicted octanol–water partition coefficient (Wildman–Crippen LogP) is 1.05. The molecule has 1 aliphatic rings. The van der Waals surface area contributed by atoms with Gasteiger partial charge in [-0.05, 0) is 31.9 Å². The molecule has 1 fully saturated rings. The summed E-state index contributed by atoms with van der Waals surface area (Å²) in [6.45, 7) is 3.44. The first-order chi connectivity index (χ1) is 8.51. The Bertz CT molecular complexity index is 422. The number of nitrogens with two attached hydrogens (primary N) is 1. The van der Waals surface area contributed by atoms with E-state index >= 15 is 0 Å². The Labute approximate surface area is 107 Å². The second-order valence-corrected chi connectivity index (χ2v) is 4.94. The van der Waals surface area contributed by atoms with E-state index in [1.54, 1.807) is 11.9 Å². The fourth-order valence-corrected chi connectivity index (χ4v) is 2.21. The molecule has 0 radical (unpaired) electrons. The third-order valence-electron chi connectivity index (χ3n) is 3.35. The van der Waals surface area contributed by atoms with E-state index < -0.39 is 5.54 Å². The first-order valence-electron chi connectivity index (χ1n) is 6.19. The number of amides is 1. The van der Waals surface area contributed by atoms with E-state index in [0.29, 0.717) is 32.6 Å². The van der Waals surface area contributed by atoms with Crippen molar-refractivity contribution >= 4 is 5.91 Å². The van der Waals surface area contributed by atoms with Crippen molar-refractivity contribution in [2.45, 2.75) is 31.8 Å². The van der Waals surface area contributed by atoms with Crippen molar-refractivity contribution in [2.24, 2.45) is 5.73 Å². The van der Waals surface area contributed by atoms with Crippen LogP contribution < -0.4 is 5.73 Å². The van der Waals surface area contributed by atoms with Gasteiger partial charge >= 0.3 is 0 Å². The molecule has 0 spiro atoms. The summed E-state index contributed by atoms with van der Waals surface area (Å²) in [6, 6.07) is 3.77. The Morgan fingerprint density at radius 1 is 1.44 bits per heavy atom. The summed E-state index contributed by atoms with van der Waals surface area (Å²) < 4.78 is 10.7. The smallest absolute Gasteiger partial charge is 0.242 e. The van der Waals surface area contributed by atoms with Crippen molar-refractivity contribution < 1.29 is 13.9 Å². The van der Waals surface area contributed by atoms with Crippen molar-refractivity contribution in [1.29, 1.82) is 0 Å². The molecule has 1 amide bonds. The van der Waals surface area contributed by atoms with Gasteiger partial charge in [0.25, 0.3) is 0 Å². The standard InChI is InChI=1S/C13H20N2O3/c1-10-3-4-11(18-10)9-15(2)12(16)13(14)5-7-17-8-6-13/h3-4H,5-9,14H2,1-2H3. The van der Waals surface area contributed by atoms with E-state index in [2.05, 4.69) is 0 Å². The molecule has 1 aromatic rings. The minimum absolute atomic E-state index is 0.0418. The number of aryl methyl sites for hydroxylation is 1. The monoisotopic (exact) mass is 252 g/mol. The maximum atomic E-state index is 12.3. The number of likely N-dealkylation sites (N-methyl/N-ethyl adjacent to an activating group) is 1. The third-order valence-corrected chi connectivity index (χ3v) is 3.35. The molecule has 0 bridgehead atoms. The molecule has 0 atom stereocenters. The van der Waals surface area contributed by atoms with Crippen molar-refractivity contribution in [3.05, 3.63) is 23.7 Å². The molecule has 2 heterocycles. The zero-order valence-electron chi connectivity index (χ0n) is 10.9.